The normalized spacial score (nSPS) is 17.7. The van der Waals surface area contributed by atoms with Gasteiger partial charge in [-0.3, -0.25) is 0 Å². The second kappa shape index (κ2) is 9.01. The third-order valence-corrected chi connectivity index (χ3v) is 1.32. The minimum Gasteiger partial charge on any atom is -0.393 e. The Kier molecular flexibility index (Phi) is 12.7. The van der Waals surface area contributed by atoms with Crippen LogP contribution >= 0.6 is 0 Å². The molecule has 0 aromatic heterocycles. The molecule has 2 heteroatoms. The summed E-state index contributed by atoms with van der Waals surface area (Å²) in [6.45, 7) is 4.00. The summed E-state index contributed by atoms with van der Waals surface area (Å²) < 4.78 is 0. The van der Waals surface area contributed by atoms with Crippen LogP contribution in [0.5, 0.6) is 0 Å². The van der Waals surface area contributed by atoms with Crippen molar-refractivity contribution < 1.29 is 36.2 Å². The zero-order chi connectivity index (χ0) is 6.41. The van der Waals surface area contributed by atoms with Crippen molar-refractivity contribution in [3.05, 3.63) is 0 Å². The minimum absolute atomic E-state index is 0. The molecule has 54 valence electrons. The van der Waals surface area contributed by atoms with Crippen molar-refractivity contribution in [3.63, 3.8) is 0 Å². The van der Waals surface area contributed by atoms with Gasteiger partial charge in [0.2, 0.25) is 0 Å². The van der Waals surface area contributed by atoms with Crippen LogP contribution in [-0.4, -0.2) is 11.2 Å². The van der Waals surface area contributed by atoms with Crippen LogP contribution in [0.3, 0.4) is 0 Å². The Morgan fingerprint density at radius 3 is 1.56 bits per heavy atom. The van der Waals surface area contributed by atoms with Gasteiger partial charge in [0.15, 0.2) is 0 Å². The van der Waals surface area contributed by atoms with Crippen LogP contribution in [-0.2, 0) is 0 Å². The second-order valence-corrected chi connectivity index (χ2v) is 1.94. The zero-order valence-electron chi connectivity index (χ0n) is 6.35. The summed E-state index contributed by atoms with van der Waals surface area (Å²) in [4.78, 5) is 0. The zero-order valence-corrected chi connectivity index (χ0v) is 10.5. The van der Waals surface area contributed by atoms with E-state index in [0.717, 1.165) is 12.8 Å². The van der Waals surface area contributed by atoms with Gasteiger partial charge in [-0.25, -0.2) is 0 Å². The van der Waals surface area contributed by atoms with Crippen LogP contribution in [0.2, 0.25) is 0 Å². The quantitative estimate of drug-likeness (QED) is 0.705. The summed E-state index contributed by atoms with van der Waals surface area (Å²) in [5.74, 6) is 0. The van der Waals surface area contributed by atoms with Gasteiger partial charge in [-0.15, -0.1) is 0 Å². The first kappa shape index (κ1) is 12.7. The fourth-order valence-corrected chi connectivity index (χ4v) is 0.904. The van der Waals surface area contributed by atoms with E-state index in [1.54, 1.807) is 0 Å². The summed E-state index contributed by atoms with van der Waals surface area (Å²) in [7, 11) is 0. The Bertz CT molecular complexity index is 42.2. The molecule has 0 aromatic rings. The first-order valence-electron chi connectivity index (χ1n) is 3.57. The smallest absolute Gasteiger partial charge is 0.0540 e. The number of aliphatic hydroxyl groups excluding tert-OH is 1. The molecule has 9 heavy (non-hydrogen) atoms. The van der Waals surface area contributed by atoms with Gasteiger partial charge < -0.3 is 5.11 Å². The van der Waals surface area contributed by atoms with E-state index in [0.29, 0.717) is 0 Å². The van der Waals surface area contributed by atoms with Crippen LogP contribution in [0.25, 0.3) is 0 Å². The van der Waals surface area contributed by atoms with Crippen molar-refractivity contribution >= 4 is 0 Å². The molecule has 1 fully saturated rings. The Morgan fingerprint density at radius 1 is 1.11 bits per heavy atom. The minimum atomic E-state index is 0. The van der Waals surface area contributed by atoms with Gasteiger partial charge in [0, 0.05) is 31.1 Å². The van der Waals surface area contributed by atoms with Gasteiger partial charge >= 0.3 is 0 Å². The van der Waals surface area contributed by atoms with Crippen molar-refractivity contribution in [2.24, 2.45) is 0 Å². The van der Waals surface area contributed by atoms with Crippen LogP contribution in [0.15, 0.2) is 0 Å². The fourth-order valence-electron chi connectivity index (χ4n) is 0.904. The van der Waals surface area contributed by atoms with E-state index in [1.165, 1.54) is 12.8 Å². The molecule has 0 amide bonds. The van der Waals surface area contributed by atoms with Crippen molar-refractivity contribution in [2.75, 3.05) is 0 Å². The van der Waals surface area contributed by atoms with Crippen molar-refractivity contribution in [1.29, 1.82) is 0 Å². The predicted molar refractivity (Wildman–Crippen MR) is 35.8 cm³/mol. The Balaban J connectivity index is 0. The van der Waals surface area contributed by atoms with E-state index in [9.17, 15) is 0 Å². The Hall–Kier alpha value is 1.01. The van der Waals surface area contributed by atoms with Gasteiger partial charge in [0.05, 0.1) is 6.10 Å². The van der Waals surface area contributed by atoms with Crippen molar-refractivity contribution in [2.45, 2.75) is 45.6 Å². The summed E-state index contributed by atoms with van der Waals surface area (Å²) in [6.07, 6.45) is 4.60. The average molecular weight is 354 g/mol. The summed E-state index contributed by atoms with van der Waals surface area (Å²) in [5.41, 5.74) is 0. The maximum Gasteiger partial charge on any atom is 0.0540 e. The molecule has 0 heterocycles. The van der Waals surface area contributed by atoms with Gasteiger partial charge in [-0.1, -0.05) is 26.7 Å². The average Bonchev–Trinajstić information content (AvgIpc) is 2.24. The van der Waals surface area contributed by atoms with Crippen LogP contribution in [0, 0.1) is 31.1 Å². The summed E-state index contributed by atoms with van der Waals surface area (Å²) in [6, 6.07) is 0. The second-order valence-electron chi connectivity index (χ2n) is 1.94. The van der Waals surface area contributed by atoms with Crippen LogP contribution in [0.4, 0.5) is 0 Å². The molecule has 0 aliphatic heterocycles. The standard InChI is InChI=1S/C5H10O.C2H6.U/c6-5-3-1-2-4-5;1-2;/h5-6H,1-4H2;1-2H3;. The molecule has 0 radical (unpaired) electrons. The van der Waals surface area contributed by atoms with E-state index in [4.69, 9.17) is 5.11 Å². The molecule has 1 rings (SSSR count). The maximum atomic E-state index is 8.73. The van der Waals surface area contributed by atoms with Gasteiger partial charge in [-0.2, -0.15) is 0 Å². The Morgan fingerprint density at radius 2 is 1.44 bits per heavy atom. The first-order valence-corrected chi connectivity index (χ1v) is 3.57. The van der Waals surface area contributed by atoms with E-state index in [2.05, 4.69) is 0 Å². The molecule has 1 aliphatic carbocycles. The van der Waals surface area contributed by atoms with Crippen molar-refractivity contribution in [3.8, 4) is 0 Å². The topological polar surface area (TPSA) is 20.2 Å². The third-order valence-electron chi connectivity index (χ3n) is 1.32. The van der Waals surface area contributed by atoms with Gasteiger partial charge in [-0.05, 0) is 12.8 Å². The molecule has 0 spiro atoms. The molecule has 0 atom stereocenters. The molecule has 0 aromatic carbocycles. The predicted octanol–water partition coefficient (Wildman–Crippen LogP) is 1.95. The molecule has 0 bridgehead atoms. The molecule has 1 N–H and O–H groups in total. The van der Waals surface area contributed by atoms with Crippen molar-refractivity contribution in [1.82, 2.24) is 0 Å². The van der Waals surface area contributed by atoms with E-state index >= 15 is 0 Å². The maximum absolute atomic E-state index is 8.73. The number of aliphatic hydroxyl groups is 1. The number of rotatable bonds is 0. The number of hydrogen-bond donors (Lipinski definition) is 1. The van der Waals surface area contributed by atoms with Crippen LogP contribution < -0.4 is 0 Å². The largest absolute Gasteiger partial charge is 0.393 e. The molecule has 1 saturated carbocycles. The first-order chi connectivity index (χ1) is 3.89. The van der Waals surface area contributed by atoms with Crippen LogP contribution in [0.1, 0.15) is 39.5 Å². The van der Waals surface area contributed by atoms with E-state index in [-0.39, 0.29) is 37.2 Å². The summed E-state index contributed by atoms with van der Waals surface area (Å²) >= 11 is 0. The molecule has 0 unspecified atom stereocenters. The van der Waals surface area contributed by atoms with E-state index < -0.39 is 0 Å². The molecular formula is C7H16OU. The molecular weight excluding hydrogens is 338 g/mol. The van der Waals surface area contributed by atoms with Gasteiger partial charge in [0.1, 0.15) is 0 Å². The van der Waals surface area contributed by atoms with E-state index in [1.807, 2.05) is 13.8 Å². The fraction of sp³-hybridized carbons (Fsp3) is 1.00. The SMILES string of the molecule is CC.OC1CCCC1.[U]. The summed E-state index contributed by atoms with van der Waals surface area (Å²) in [5, 5.41) is 8.73. The molecule has 1 nitrogen and oxygen atoms in total. The molecule has 1 aliphatic rings. The third kappa shape index (κ3) is 6.90. The molecule has 0 saturated heterocycles. The Labute approximate surface area is 81.6 Å². The monoisotopic (exact) mass is 354 g/mol. The van der Waals surface area contributed by atoms with Gasteiger partial charge in [0.25, 0.3) is 0 Å². The number of hydrogen-bond acceptors (Lipinski definition) is 1.